The molecule has 1 fully saturated rings. The number of benzene rings is 1. The fraction of sp³-hybridized carbons (Fsp3) is 0.571. The standard InChI is InChI=1S/C21H30O2.C5H10O2.C2H2/c1-4-6-7-8-9-10-11-12-16-20(22)18-15-13-17-21(23-3)19(18)14-5-2;6-5-3-1-2-4-7-5;1-2/h5,13,15,17,20,22H,2,4,6-11,14H2,1,3H3;5-6H,1-4H2;1-2H. The van der Waals surface area contributed by atoms with Gasteiger partial charge in [0.2, 0.25) is 0 Å². The number of aliphatic hydroxyl groups excluding tert-OH is 2. The largest absolute Gasteiger partial charge is 0.496 e. The molecule has 1 aromatic carbocycles. The first-order chi connectivity index (χ1) is 15.6. The number of ether oxygens (including phenoxy) is 2. The van der Waals surface area contributed by atoms with Crippen LogP contribution in [-0.4, -0.2) is 30.2 Å². The highest BCUT2D eigenvalue weighted by Gasteiger charge is 2.13. The molecule has 0 aliphatic carbocycles. The van der Waals surface area contributed by atoms with E-state index >= 15 is 0 Å². The van der Waals surface area contributed by atoms with Crippen molar-refractivity contribution in [2.45, 2.75) is 89.9 Å². The Morgan fingerprint density at radius 2 is 1.94 bits per heavy atom. The van der Waals surface area contributed by atoms with Crippen LogP contribution in [0.5, 0.6) is 5.75 Å². The molecule has 2 atom stereocenters. The monoisotopic (exact) mass is 442 g/mol. The molecule has 0 saturated carbocycles. The van der Waals surface area contributed by atoms with Gasteiger partial charge in [-0.2, -0.15) is 0 Å². The molecular formula is C28H42O4. The van der Waals surface area contributed by atoms with Crippen molar-refractivity contribution in [2.75, 3.05) is 13.7 Å². The van der Waals surface area contributed by atoms with Crippen LogP contribution in [0.1, 0.15) is 88.4 Å². The van der Waals surface area contributed by atoms with Gasteiger partial charge in [0.25, 0.3) is 0 Å². The van der Waals surface area contributed by atoms with E-state index in [1.54, 1.807) is 7.11 Å². The van der Waals surface area contributed by atoms with Gasteiger partial charge in [0, 0.05) is 18.6 Å². The van der Waals surface area contributed by atoms with E-state index < -0.39 is 12.4 Å². The van der Waals surface area contributed by atoms with Crippen molar-refractivity contribution in [3.8, 4) is 30.4 Å². The van der Waals surface area contributed by atoms with Gasteiger partial charge in [0.1, 0.15) is 11.9 Å². The molecule has 0 spiro atoms. The molecule has 1 heterocycles. The number of hydrogen-bond acceptors (Lipinski definition) is 4. The van der Waals surface area contributed by atoms with Crippen molar-refractivity contribution >= 4 is 0 Å². The lowest BCUT2D eigenvalue weighted by atomic mass is 9.98. The lowest BCUT2D eigenvalue weighted by molar-refractivity contribution is -0.123. The van der Waals surface area contributed by atoms with Crippen molar-refractivity contribution in [1.82, 2.24) is 0 Å². The molecule has 1 aromatic rings. The molecule has 2 unspecified atom stereocenters. The summed E-state index contributed by atoms with van der Waals surface area (Å²) in [5, 5.41) is 19.0. The third-order valence-electron chi connectivity index (χ3n) is 5.08. The Kier molecular flexibility index (Phi) is 19.2. The SMILES string of the molecule is C#C.C=CCc1c(OC)cccc1C(O)C#CCCCCCCCC.OC1CCCCO1. The van der Waals surface area contributed by atoms with Crippen molar-refractivity contribution in [1.29, 1.82) is 0 Å². The number of allylic oxidation sites excluding steroid dienone is 1. The summed E-state index contributed by atoms with van der Waals surface area (Å²) in [6.45, 7) is 6.74. The maximum atomic E-state index is 10.4. The normalized spacial score (nSPS) is 15.5. The van der Waals surface area contributed by atoms with E-state index in [9.17, 15) is 5.11 Å². The Morgan fingerprint density at radius 1 is 1.22 bits per heavy atom. The van der Waals surface area contributed by atoms with Crippen LogP contribution in [0.2, 0.25) is 0 Å². The molecule has 2 rings (SSSR count). The van der Waals surface area contributed by atoms with Gasteiger partial charge in [-0.1, -0.05) is 63.2 Å². The summed E-state index contributed by atoms with van der Waals surface area (Å²) in [5.41, 5.74) is 1.78. The predicted molar refractivity (Wildman–Crippen MR) is 133 cm³/mol. The highest BCUT2D eigenvalue weighted by molar-refractivity contribution is 5.44. The molecule has 1 aliphatic heterocycles. The first kappa shape index (κ1) is 29.8. The second kappa shape index (κ2) is 20.7. The fourth-order valence-corrected chi connectivity index (χ4v) is 3.36. The van der Waals surface area contributed by atoms with Gasteiger partial charge in [-0.3, -0.25) is 0 Å². The Labute approximate surface area is 196 Å². The lowest BCUT2D eigenvalue weighted by Gasteiger charge is -2.16. The molecule has 1 saturated heterocycles. The Balaban J connectivity index is 0.000000889. The van der Waals surface area contributed by atoms with Crippen LogP contribution in [0.25, 0.3) is 0 Å². The topological polar surface area (TPSA) is 58.9 Å². The molecule has 1 aliphatic rings. The molecule has 0 aromatic heterocycles. The average molecular weight is 443 g/mol. The first-order valence-electron chi connectivity index (χ1n) is 11.7. The number of hydrogen-bond donors (Lipinski definition) is 2. The highest BCUT2D eigenvalue weighted by atomic mass is 16.6. The minimum absolute atomic E-state index is 0.464. The quantitative estimate of drug-likeness (QED) is 0.266. The Hall–Kier alpha value is -2.24. The van der Waals surface area contributed by atoms with Crippen LogP contribution in [-0.2, 0) is 11.2 Å². The molecule has 32 heavy (non-hydrogen) atoms. The van der Waals surface area contributed by atoms with Gasteiger partial charge in [-0.05, 0) is 43.7 Å². The molecule has 0 amide bonds. The van der Waals surface area contributed by atoms with Gasteiger partial charge in [-0.15, -0.1) is 25.3 Å². The summed E-state index contributed by atoms with van der Waals surface area (Å²) < 4.78 is 10.2. The summed E-state index contributed by atoms with van der Waals surface area (Å²) >= 11 is 0. The van der Waals surface area contributed by atoms with Crippen molar-refractivity contribution < 1.29 is 19.7 Å². The third kappa shape index (κ3) is 13.2. The molecule has 0 radical (unpaired) electrons. The van der Waals surface area contributed by atoms with E-state index in [4.69, 9.17) is 14.6 Å². The molecule has 2 N–H and O–H groups in total. The van der Waals surface area contributed by atoms with Crippen molar-refractivity contribution in [3.63, 3.8) is 0 Å². The summed E-state index contributed by atoms with van der Waals surface area (Å²) in [4.78, 5) is 0. The second-order valence-electron chi connectivity index (χ2n) is 7.58. The van der Waals surface area contributed by atoms with E-state index in [1.807, 2.05) is 24.3 Å². The summed E-state index contributed by atoms with van der Waals surface area (Å²) in [6.07, 6.45) is 20.7. The molecular weight excluding hydrogens is 400 g/mol. The highest BCUT2D eigenvalue weighted by Crippen LogP contribution is 2.27. The average Bonchev–Trinajstić information content (AvgIpc) is 2.83. The lowest BCUT2D eigenvalue weighted by Crippen LogP contribution is -2.17. The number of methoxy groups -OCH3 is 1. The Bertz CT molecular complexity index is 678. The summed E-state index contributed by atoms with van der Waals surface area (Å²) in [5.74, 6) is 6.86. The third-order valence-corrected chi connectivity index (χ3v) is 5.08. The zero-order valence-corrected chi connectivity index (χ0v) is 20.0. The summed E-state index contributed by atoms with van der Waals surface area (Å²) in [7, 11) is 1.64. The van der Waals surface area contributed by atoms with E-state index in [1.165, 1.54) is 32.1 Å². The van der Waals surface area contributed by atoms with Gasteiger partial charge in [0.15, 0.2) is 6.29 Å². The molecule has 178 valence electrons. The van der Waals surface area contributed by atoms with Crippen LogP contribution in [0.3, 0.4) is 0 Å². The zero-order valence-electron chi connectivity index (χ0n) is 20.0. The second-order valence-corrected chi connectivity index (χ2v) is 7.58. The minimum atomic E-state index is -0.764. The fourth-order valence-electron chi connectivity index (χ4n) is 3.36. The van der Waals surface area contributed by atoms with Gasteiger partial charge in [-0.25, -0.2) is 0 Å². The van der Waals surface area contributed by atoms with Crippen LogP contribution in [0, 0.1) is 24.7 Å². The van der Waals surface area contributed by atoms with E-state index in [0.717, 1.165) is 55.6 Å². The maximum Gasteiger partial charge on any atom is 0.154 e. The molecule has 4 heteroatoms. The predicted octanol–water partition coefficient (Wildman–Crippen LogP) is 5.97. The molecule has 4 nitrogen and oxygen atoms in total. The van der Waals surface area contributed by atoms with Crippen molar-refractivity contribution in [3.05, 3.63) is 42.0 Å². The van der Waals surface area contributed by atoms with Crippen LogP contribution < -0.4 is 4.74 Å². The van der Waals surface area contributed by atoms with E-state index in [0.29, 0.717) is 6.42 Å². The number of unbranched alkanes of at least 4 members (excludes halogenated alkanes) is 6. The first-order valence-corrected chi connectivity index (χ1v) is 11.7. The number of aliphatic hydroxyl groups is 2. The smallest absolute Gasteiger partial charge is 0.154 e. The number of terminal acetylenes is 1. The van der Waals surface area contributed by atoms with E-state index in [2.05, 4.69) is 38.2 Å². The van der Waals surface area contributed by atoms with Gasteiger partial charge in [0.05, 0.1) is 7.11 Å². The van der Waals surface area contributed by atoms with Crippen LogP contribution >= 0.6 is 0 Å². The van der Waals surface area contributed by atoms with Gasteiger partial charge < -0.3 is 19.7 Å². The summed E-state index contributed by atoms with van der Waals surface area (Å²) in [6, 6.07) is 5.70. The van der Waals surface area contributed by atoms with Gasteiger partial charge >= 0.3 is 0 Å². The maximum absolute atomic E-state index is 10.4. The van der Waals surface area contributed by atoms with Crippen molar-refractivity contribution in [2.24, 2.45) is 0 Å². The Morgan fingerprint density at radius 3 is 2.50 bits per heavy atom. The number of rotatable bonds is 10. The zero-order chi connectivity index (χ0) is 24.0. The van der Waals surface area contributed by atoms with Crippen LogP contribution in [0.4, 0.5) is 0 Å². The molecule has 0 bridgehead atoms. The van der Waals surface area contributed by atoms with Crippen LogP contribution in [0.15, 0.2) is 30.9 Å². The van der Waals surface area contributed by atoms with E-state index in [-0.39, 0.29) is 0 Å². The minimum Gasteiger partial charge on any atom is -0.496 e.